The van der Waals surface area contributed by atoms with Crippen molar-refractivity contribution in [1.29, 1.82) is 0 Å². The first-order valence-electron chi connectivity index (χ1n) is 8.55. The van der Waals surface area contributed by atoms with Crippen molar-refractivity contribution in [3.05, 3.63) is 53.1 Å². The van der Waals surface area contributed by atoms with E-state index in [1.54, 1.807) is 43.3 Å². The van der Waals surface area contributed by atoms with E-state index >= 15 is 0 Å². The monoisotopic (exact) mass is 428 g/mol. The third-order valence-electron chi connectivity index (χ3n) is 4.55. The van der Waals surface area contributed by atoms with Crippen LogP contribution in [0.4, 0.5) is 11.4 Å². The highest BCUT2D eigenvalue weighted by molar-refractivity contribution is 7.93. The number of halogens is 1. The van der Waals surface area contributed by atoms with E-state index in [-0.39, 0.29) is 33.0 Å². The predicted octanol–water partition coefficient (Wildman–Crippen LogP) is 3.99. The lowest BCUT2D eigenvalue weighted by Crippen LogP contribution is -2.26. The number of para-hydroxylation sites is 1. The van der Waals surface area contributed by atoms with Crippen molar-refractivity contribution in [2.24, 2.45) is 5.92 Å². The Balaban J connectivity index is 1.85. The van der Waals surface area contributed by atoms with Crippen LogP contribution in [0.3, 0.4) is 0 Å². The van der Waals surface area contributed by atoms with Crippen LogP contribution >= 0.6 is 11.6 Å². The Hall–Kier alpha value is -1.77. The zero-order valence-electron chi connectivity index (χ0n) is 14.8. The van der Waals surface area contributed by atoms with E-state index in [4.69, 9.17) is 11.6 Å². The van der Waals surface area contributed by atoms with E-state index in [1.807, 2.05) is 0 Å². The summed E-state index contributed by atoms with van der Waals surface area (Å²) in [4.78, 5) is -0.00809. The molecule has 0 aromatic heterocycles. The minimum atomic E-state index is -3.93. The average Bonchev–Trinajstić information content (AvgIpc) is 2.55. The van der Waals surface area contributed by atoms with Gasteiger partial charge in [0.2, 0.25) is 10.0 Å². The Bertz CT molecular complexity index is 1050. The molecule has 2 aromatic rings. The SMILES string of the molecule is Cc1ccc(NS(=O)(=O)CC2CCC2)cc1S(=O)(=O)Nc1ccccc1Cl. The Kier molecular flexibility index (Phi) is 5.69. The zero-order chi connectivity index (χ0) is 19.7. The van der Waals surface area contributed by atoms with Crippen molar-refractivity contribution in [1.82, 2.24) is 0 Å². The maximum Gasteiger partial charge on any atom is 0.262 e. The van der Waals surface area contributed by atoms with E-state index in [9.17, 15) is 16.8 Å². The van der Waals surface area contributed by atoms with Gasteiger partial charge in [-0.15, -0.1) is 0 Å². The van der Waals surface area contributed by atoms with E-state index < -0.39 is 20.0 Å². The molecule has 0 bridgehead atoms. The van der Waals surface area contributed by atoms with Gasteiger partial charge in [-0.3, -0.25) is 9.44 Å². The van der Waals surface area contributed by atoms with Gasteiger partial charge in [0.15, 0.2) is 0 Å². The van der Waals surface area contributed by atoms with Crippen LogP contribution in [0.5, 0.6) is 0 Å². The van der Waals surface area contributed by atoms with Crippen LogP contribution in [0.1, 0.15) is 24.8 Å². The van der Waals surface area contributed by atoms with Gasteiger partial charge in [0.05, 0.1) is 21.4 Å². The van der Waals surface area contributed by atoms with Gasteiger partial charge < -0.3 is 0 Å². The van der Waals surface area contributed by atoms with Crippen molar-refractivity contribution >= 4 is 43.0 Å². The van der Waals surface area contributed by atoms with Crippen molar-refractivity contribution < 1.29 is 16.8 Å². The van der Waals surface area contributed by atoms with Crippen LogP contribution in [-0.2, 0) is 20.0 Å². The first-order valence-corrected chi connectivity index (χ1v) is 12.1. The van der Waals surface area contributed by atoms with Gasteiger partial charge in [-0.25, -0.2) is 16.8 Å². The molecule has 1 aliphatic rings. The van der Waals surface area contributed by atoms with Crippen molar-refractivity contribution in [3.8, 4) is 0 Å². The highest BCUT2D eigenvalue weighted by atomic mass is 35.5. The minimum Gasteiger partial charge on any atom is -0.284 e. The maximum absolute atomic E-state index is 12.8. The third-order valence-corrected chi connectivity index (χ3v) is 7.84. The molecule has 9 heteroatoms. The van der Waals surface area contributed by atoms with Gasteiger partial charge in [0, 0.05) is 5.69 Å². The Morgan fingerprint density at radius 1 is 1.04 bits per heavy atom. The molecule has 1 saturated carbocycles. The van der Waals surface area contributed by atoms with Crippen LogP contribution in [0.15, 0.2) is 47.4 Å². The van der Waals surface area contributed by atoms with Crippen LogP contribution in [0, 0.1) is 12.8 Å². The number of hydrogen-bond acceptors (Lipinski definition) is 4. The van der Waals surface area contributed by atoms with Crippen molar-refractivity contribution in [2.45, 2.75) is 31.1 Å². The molecule has 0 radical (unpaired) electrons. The fourth-order valence-electron chi connectivity index (χ4n) is 2.89. The molecule has 146 valence electrons. The molecule has 1 aliphatic carbocycles. The summed E-state index contributed by atoms with van der Waals surface area (Å²) in [5, 5.41) is 0.274. The van der Waals surface area contributed by atoms with E-state index in [2.05, 4.69) is 9.44 Å². The lowest BCUT2D eigenvalue weighted by Gasteiger charge is -2.25. The number of benzene rings is 2. The first kappa shape index (κ1) is 20.0. The summed E-state index contributed by atoms with van der Waals surface area (Å²) in [7, 11) is -7.45. The molecule has 2 N–H and O–H groups in total. The Morgan fingerprint density at radius 3 is 2.37 bits per heavy atom. The highest BCUT2D eigenvalue weighted by Gasteiger charge is 2.25. The topological polar surface area (TPSA) is 92.3 Å². The molecular weight excluding hydrogens is 408 g/mol. The van der Waals surface area contributed by atoms with Gasteiger partial charge in [-0.2, -0.15) is 0 Å². The second-order valence-corrected chi connectivity index (χ2v) is 10.6. The number of nitrogens with one attached hydrogen (secondary N) is 2. The number of anilines is 2. The summed E-state index contributed by atoms with van der Waals surface area (Å²) >= 11 is 6.02. The molecule has 0 amide bonds. The maximum atomic E-state index is 12.8. The molecule has 27 heavy (non-hydrogen) atoms. The standard InChI is InChI=1S/C18H21ClN2O4S2/c1-13-9-10-15(20-26(22,23)12-14-5-4-6-14)11-18(13)27(24,25)21-17-8-3-2-7-16(17)19/h2-3,7-11,14,20-21H,4-6,12H2,1H3. The van der Waals surface area contributed by atoms with E-state index in [0.717, 1.165) is 19.3 Å². The molecule has 0 aliphatic heterocycles. The molecule has 2 aromatic carbocycles. The molecule has 0 heterocycles. The zero-order valence-corrected chi connectivity index (χ0v) is 17.2. The lowest BCUT2D eigenvalue weighted by molar-refractivity contribution is 0.347. The van der Waals surface area contributed by atoms with Gasteiger partial charge in [0.1, 0.15) is 0 Å². The molecule has 0 saturated heterocycles. The smallest absolute Gasteiger partial charge is 0.262 e. The minimum absolute atomic E-state index is 0.00809. The lowest BCUT2D eigenvalue weighted by atomic mass is 9.87. The summed E-state index contributed by atoms with van der Waals surface area (Å²) in [6.45, 7) is 1.65. The Labute approximate surface area is 165 Å². The van der Waals surface area contributed by atoms with Crippen LogP contribution in [0.2, 0.25) is 5.02 Å². The molecule has 0 spiro atoms. The van der Waals surface area contributed by atoms with E-state index in [0.29, 0.717) is 5.56 Å². The second-order valence-electron chi connectivity index (χ2n) is 6.75. The largest absolute Gasteiger partial charge is 0.284 e. The summed E-state index contributed by atoms with van der Waals surface area (Å²) in [5.41, 5.74) is 0.977. The van der Waals surface area contributed by atoms with Crippen molar-refractivity contribution in [2.75, 3.05) is 15.2 Å². The summed E-state index contributed by atoms with van der Waals surface area (Å²) in [5.74, 6) is 0.235. The van der Waals surface area contributed by atoms with Gasteiger partial charge in [-0.1, -0.05) is 36.2 Å². The fraction of sp³-hybridized carbons (Fsp3) is 0.333. The van der Waals surface area contributed by atoms with Crippen LogP contribution < -0.4 is 9.44 Å². The van der Waals surface area contributed by atoms with Crippen LogP contribution in [-0.4, -0.2) is 22.6 Å². The fourth-order valence-corrected chi connectivity index (χ4v) is 6.00. The summed E-state index contributed by atoms with van der Waals surface area (Å²) < 4.78 is 55.1. The van der Waals surface area contributed by atoms with Crippen molar-refractivity contribution in [3.63, 3.8) is 0 Å². The molecule has 6 nitrogen and oxygen atoms in total. The summed E-state index contributed by atoms with van der Waals surface area (Å²) in [6, 6.07) is 11.0. The molecule has 0 atom stereocenters. The van der Waals surface area contributed by atoms with Gasteiger partial charge in [-0.05, 0) is 55.5 Å². The first-order chi connectivity index (χ1) is 12.7. The predicted molar refractivity (Wildman–Crippen MR) is 108 cm³/mol. The summed E-state index contributed by atoms with van der Waals surface area (Å²) in [6.07, 6.45) is 2.88. The molecule has 3 rings (SSSR count). The number of aryl methyl sites for hydroxylation is 1. The molecule has 0 unspecified atom stereocenters. The number of rotatable bonds is 7. The quantitative estimate of drug-likeness (QED) is 0.697. The molecule has 1 fully saturated rings. The van der Waals surface area contributed by atoms with Gasteiger partial charge in [0.25, 0.3) is 10.0 Å². The number of hydrogen-bond donors (Lipinski definition) is 2. The average molecular weight is 429 g/mol. The number of sulfonamides is 2. The van der Waals surface area contributed by atoms with Gasteiger partial charge >= 0.3 is 0 Å². The Morgan fingerprint density at radius 2 is 1.74 bits per heavy atom. The van der Waals surface area contributed by atoms with Crippen LogP contribution in [0.25, 0.3) is 0 Å². The van der Waals surface area contributed by atoms with E-state index in [1.165, 1.54) is 6.07 Å². The third kappa shape index (κ3) is 4.94. The normalized spacial score (nSPS) is 15.2. The highest BCUT2D eigenvalue weighted by Crippen LogP contribution is 2.29. The second kappa shape index (κ2) is 7.69. The molecular formula is C18H21ClN2O4S2.